The second-order valence-electron chi connectivity index (χ2n) is 5.98. The lowest BCUT2D eigenvalue weighted by molar-refractivity contribution is -0.136. The molecule has 0 saturated heterocycles. The van der Waals surface area contributed by atoms with E-state index in [1.807, 2.05) is 18.2 Å². The number of carbonyl (C=O) groups is 2. The van der Waals surface area contributed by atoms with Crippen molar-refractivity contribution in [1.29, 1.82) is 0 Å². The Morgan fingerprint density at radius 1 is 1.15 bits per heavy atom. The van der Waals surface area contributed by atoms with Crippen molar-refractivity contribution in [2.24, 2.45) is 7.05 Å². The molecule has 0 aliphatic carbocycles. The van der Waals surface area contributed by atoms with E-state index in [-0.39, 0.29) is 19.0 Å². The number of aromatic nitrogens is 3. The summed E-state index contributed by atoms with van der Waals surface area (Å²) in [6.45, 7) is 0.284. The minimum atomic E-state index is -0.890. The van der Waals surface area contributed by atoms with Crippen LogP contribution in [0, 0.1) is 0 Å². The molecule has 0 fully saturated rings. The molecule has 0 saturated carbocycles. The lowest BCUT2D eigenvalue weighted by atomic mass is 10.1. The summed E-state index contributed by atoms with van der Waals surface area (Å²) in [6, 6.07) is 12.2. The lowest BCUT2D eigenvalue weighted by Crippen LogP contribution is -2.29. The van der Waals surface area contributed by atoms with E-state index in [4.69, 9.17) is 5.11 Å². The summed E-state index contributed by atoms with van der Waals surface area (Å²) in [7, 11) is 1.74. The van der Waals surface area contributed by atoms with Crippen LogP contribution >= 0.6 is 0 Å². The summed E-state index contributed by atoms with van der Waals surface area (Å²) < 4.78 is 1.58. The van der Waals surface area contributed by atoms with Gasteiger partial charge in [-0.1, -0.05) is 24.3 Å². The minimum absolute atomic E-state index is 0.0494. The molecular weight excluding hydrogens is 346 g/mol. The molecule has 138 valence electrons. The van der Waals surface area contributed by atoms with E-state index in [1.165, 1.54) is 0 Å². The van der Waals surface area contributed by atoms with E-state index < -0.39 is 5.97 Å². The van der Waals surface area contributed by atoms with Crippen molar-refractivity contribution < 1.29 is 14.7 Å². The first-order valence-electron chi connectivity index (χ1n) is 8.30. The molecule has 0 bridgehead atoms. The lowest BCUT2D eigenvalue weighted by Gasteiger charge is -2.08. The van der Waals surface area contributed by atoms with Crippen LogP contribution in [0.15, 0.2) is 54.9 Å². The molecule has 0 atom stereocenters. The van der Waals surface area contributed by atoms with E-state index in [0.717, 1.165) is 11.1 Å². The van der Waals surface area contributed by atoms with Crippen LogP contribution in [0.2, 0.25) is 0 Å². The van der Waals surface area contributed by atoms with Crippen LogP contribution in [-0.2, 0) is 24.8 Å². The van der Waals surface area contributed by atoms with E-state index in [0.29, 0.717) is 17.1 Å². The zero-order valence-corrected chi connectivity index (χ0v) is 14.7. The highest BCUT2D eigenvalue weighted by Crippen LogP contribution is 2.20. The molecule has 0 spiro atoms. The number of hydrogen-bond donors (Lipinski definition) is 3. The standard InChI is InChI=1S/C19H19N5O3/c1-24-17(10-16(23-24)15-6-3-7-20-12-15)22-19(27)21-11-14-5-2-4-13(8-14)9-18(25)26/h2-8,10,12H,9,11H2,1H3,(H,25,26)(H2,21,22,27). The van der Waals surface area contributed by atoms with Gasteiger partial charge in [0.15, 0.2) is 0 Å². The maximum Gasteiger partial charge on any atom is 0.320 e. The molecule has 0 aliphatic heterocycles. The molecule has 0 aliphatic rings. The fourth-order valence-electron chi connectivity index (χ4n) is 2.61. The largest absolute Gasteiger partial charge is 0.481 e. The van der Waals surface area contributed by atoms with Crippen LogP contribution < -0.4 is 10.6 Å². The number of hydrogen-bond acceptors (Lipinski definition) is 4. The maximum atomic E-state index is 12.2. The molecule has 2 heterocycles. The van der Waals surface area contributed by atoms with Crippen LogP contribution in [0.25, 0.3) is 11.3 Å². The van der Waals surface area contributed by atoms with Gasteiger partial charge >= 0.3 is 12.0 Å². The normalized spacial score (nSPS) is 10.4. The fraction of sp³-hybridized carbons (Fsp3) is 0.158. The van der Waals surface area contributed by atoms with Gasteiger partial charge in [0.1, 0.15) is 5.82 Å². The van der Waals surface area contributed by atoms with Gasteiger partial charge in [-0.15, -0.1) is 0 Å². The van der Waals surface area contributed by atoms with Gasteiger partial charge < -0.3 is 10.4 Å². The van der Waals surface area contributed by atoms with Crippen molar-refractivity contribution in [3.63, 3.8) is 0 Å². The van der Waals surface area contributed by atoms with Crippen LogP contribution in [0.5, 0.6) is 0 Å². The van der Waals surface area contributed by atoms with Gasteiger partial charge in [-0.25, -0.2) is 4.79 Å². The smallest absolute Gasteiger partial charge is 0.320 e. The summed E-state index contributed by atoms with van der Waals surface area (Å²) in [5.74, 6) is -0.343. The van der Waals surface area contributed by atoms with Crippen LogP contribution in [0.3, 0.4) is 0 Å². The average molecular weight is 365 g/mol. The number of benzene rings is 1. The number of nitrogens with zero attached hydrogens (tertiary/aromatic N) is 3. The third-order valence-electron chi connectivity index (χ3n) is 3.88. The van der Waals surface area contributed by atoms with E-state index in [1.54, 1.807) is 48.4 Å². The molecule has 0 unspecified atom stereocenters. The number of anilines is 1. The van der Waals surface area contributed by atoms with Gasteiger partial charge in [0, 0.05) is 37.6 Å². The van der Waals surface area contributed by atoms with Crippen LogP contribution in [0.4, 0.5) is 10.6 Å². The van der Waals surface area contributed by atoms with Crippen molar-refractivity contribution >= 4 is 17.8 Å². The van der Waals surface area contributed by atoms with Gasteiger partial charge in [0.25, 0.3) is 0 Å². The van der Waals surface area contributed by atoms with Crippen molar-refractivity contribution in [1.82, 2.24) is 20.1 Å². The summed E-state index contributed by atoms with van der Waals surface area (Å²) in [5.41, 5.74) is 3.08. The van der Waals surface area contributed by atoms with Gasteiger partial charge in [0.2, 0.25) is 0 Å². The van der Waals surface area contributed by atoms with Gasteiger partial charge in [-0.3, -0.25) is 19.8 Å². The molecule has 8 heteroatoms. The molecule has 3 rings (SSSR count). The van der Waals surface area contributed by atoms with Crippen molar-refractivity contribution in [3.05, 3.63) is 66.0 Å². The monoisotopic (exact) mass is 365 g/mol. The van der Waals surface area contributed by atoms with Gasteiger partial charge in [0.05, 0.1) is 12.1 Å². The summed E-state index contributed by atoms with van der Waals surface area (Å²) >= 11 is 0. The summed E-state index contributed by atoms with van der Waals surface area (Å²) in [5, 5.41) is 18.7. The molecule has 2 aromatic heterocycles. The van der Waals surface area contributed by atoms with Crippen molar-refractivity contribution in [2.45, 2.75) is 13.0 Å². The highest BCUT2D eigenvalue weighted by molar-refractivity contribution is 5.89. The highest BCUT2D eigenvalue weighted by atomic mass is 16.4. The Morgan fingerprint density at radius 3 is 2.70 bits per heavy atom. The van der Waals surface area contributed by atoms with E-state index in [2.05, 4.69) is 20.7 Å². The van der Waals surface area contributed by atoms with E-state index >= 15 is 0 Å². The van der Waals surface area contributed by atoms with Crippen LogP contribution in [-0.4, -0.2) is 31.9 Å². The number of urea groups is 1. The van der Waals surface area contributed by atoms with Crippen molar-refractivity contribution in [2.75, 3.05) is 5.32 Å². The zero-order valence-electron chi connectivity index (χ0n) is 14.7. The second kappa shape index (κ2) is 8.13. The number of carbonyl (C=O) groups excluding carboxylic acids is 1. The van der Waals surface area contributed by atoms with Gasteiger partial charge in [-0.2, -0.15) is 5.10 Å². The zero-order chi connectivity index (χ0) is 19.2. The first kappa shape index (κ1) is 18.1. The predicted octanol–water partition coefficient (Wildman–Crippen LogP) is 2.43. The summed E-state index contributed by atoms with van der Waals surface area (Å²) in [4.78, 5) is 27.0. The molecular formula is C19H19N5O3. The molecule has 0 radical (unpaired) electrons. The molecule has 3 N–H and O–H groups in total. The number of aryl methyl sites for hydroxylation is 1. The van der Waals surface area contributed by atoms with E-state index in [9.17, 15) is 9.59 Å². The first-order valence-corrected chi connectivity index (χ1v) is 8.30. The summed E-state index contributed by atoms with van der Waals surface area (Å²) in [6.07, 6.45) is 3.34. The fourth-order valence-corrected chi connectivity index (χ4v) is 2.61. The SMILES string of the molecule is Cn1nc(-c2cccnc2)cc1NC(=O)NCc1cccc(CC(=O)O)c1. The third-order valence-corrected chi connectivity index (χ3v) is 3.88. The Hall–Kier alpha value is -3.68. The molecule has 27 heavy (non-hydrogen) atoms. The third kappa shape index (κ3) is 4.91. The Kier molecular flexibility index (Phi) is 5.46. The average Bonchev–Trinajstić information content (AvgIpc) is 3.01. The Morgan fingerprint density at radius 2 is 1.96 bits per heavy atom. The quantitative estimate of drug-likeness (QED) is 0.622. The second-order valence-corrected chi connectivity index (χ2v) is 5.98. The molecule has 8 nitrogen and oxygen atoms in total. The topological polar surface area (TPSA) is 109 Å². The number of pyridine rings is 1. The van der Waals surface area contributed by atoms with Crippen molar-refractivity contribution in [3.8, 4) is 11.3 Å². The maximum absolute atomic E-state index is 12.2. The number of rotatable bonds is 6. The highest BCUT2D eigenvalue weighted by Gasteiger charge is 2.10. The number of aliphatic carboxylic acids is 1. The predicted molar refractivity (Wildman–Crippen MR) is 100 cm³/mol. The molecule has 2 amide bonds. The number of nitrogens with one attached hydrogen (secondary N) is 2. The first-order chi connectivity index (χ1) is 13.0. The number of carboxylic acid groups (broad SMARTS) is 1. The Bertz CT molecular complexity index is 953. The van der Waals surface area contributed by atoms with Gasteiger partial charge in [-0.05, 0) is 23.3 Å². The molecule has 1 aromatic carbocycles. The number of carboxylic acids is 1. The number of amides is 2. The Labute approximate surface area is 155 Å². The minimum Gasteiger partial charge on any atom is -0.481 e. The van der Waals surface area contributed by atoms with Crippen LogP contribution in [0.1, 0.15) is 11.1 Å². The Balaban J connectivity index is 1.60. The molecule has 3 aromatic rings.